The molecule has 2 nitrogen and oxygen atoms in total. The Labute approximate surface area is 112 Å². The van der Waals surface area contributed by atoms with E-state index in [0.29, 0.717) is 5.56 Å². The van der Waals surface area contributed by atoms with Gasteiger partial charge in [0.25, 0.3) is 5.91 Å². The number of hydrogen-bond donors (Lipinski definition) is 1. The van der Waals surface area contributed by atoms with Gasteiger partial charge in [-0.2, -0.15) is 0 Å². The van der Waals surface area contributed by atoms with Crippen molar-refractivity contribution in [3.63, 3.8) is 0 Å². The largest absolute Gasteiger partial charge is 0.336 e. The smallest absolute Gasteiger partial charge is 0.252 e. The molecule has 4 heteroatoms. The van der Waals surface area contributed by atoms with Gasteiger partial charge in [0.1, 0.15) is 0 Å². The highest BCUT2D eigenvalue weighted by atomic mass is 79.9. The van der Waals surface area contributed by atoms with Gasteiger partial charge in [0.15, 0.2) is 0 Å². The van der Waals surface area contributed by atoms with Gasteiger partial charge in [-0.05, 0) is 32.0 Å². The summed E-state index contributed by atoms with van der Waals surface area (Å²) in [6, 6.07) is 5.35. The maximum absolute atomic E-state index is 11.9. The molecule has 0 aliphatic carbocycles. The lowest BCUT2D eigenvalue weighted by molar-refractivity contribution is 0.0930. The highest BCUT2D eigenvalue weighted by Gasteiger charge is 2.18. The third kappa shape index (κ3) is 3.66. The van der Waals surface area contributed by atoms with Gasteiger partial charge in [0.2, 0.25) is 0 Å². The van der Waals surface area contributed by atoms with E-state index in [2.05, 4.69) is 43.1 Å². The second-order valence-corrected chi connectivity index (χ2v) is 5.71. The Morgan fingerprint density at radius 3 is 2.25 bits per heavy atom. The van der Waals surface area contributed by atoms with Crippen LogP contribution in [0.3, 0.4) is 0 Å². The average Bonchev–Trinajstić information content (AvgIpc) is 2.15. The lowest BCUT2D eigenvalue weighted by Crippen LogP contribution is -2.42. The minimum absolute atomic E-state index is 0.190. The molecular weight excluding hydrogens is 334 g/mol. The Morgan fingerprint density at radius 2 is 1.81 bits per heavy atom. The molecular formula is C12H11Br2NO. The molecule has 1 aromatic carbocycles. The second kappa shape index (κ2) is 5.03. The van der Waals surface area contributed by atoms with Crippen LogP contribution in [0.25, 0.3) is 0 Å². The summed E-state index contributed by atoms with van der Waals surface area (Å²) in [7, 11) is 0. The zero-order valence-electron chi connectivity index (χ0n) is 8.97. The van der Waals surface area contributed by atoms with Crippen LogP contribution < -0.4 is 5.32 Å². The van der Waals surface area contributed by atoms with Crippen molar-refractivity contribution in [3.05, 3.63) is 32.7 Å². The molecule has 1 aromatic rings. The van der Waals surface area contributed by atoms with Crippen LogP contribution in [0.15, 0.2) is 27.1 Å². The third-order valence-electron chi connectivity index (χ3n) is 1.91. The molecule has 0 aliphatic heterocycles. The summed E-state index contributed by atoms with van der Waals surface area (Å²) in [5.41, 5.74) is -0.0872. The third-order valence-corrected chi connectivity index (χ3v) is 2.83. The summed E-state index contributed by atoms with van der Waals surface area (Å²) in [4.78, 5) is 11.9. The number of hydrogen-bond acceptors (Lipinski definition) is 1. The zero-order chi connectivity index (χ0) is 12.3. The summed E-state index contributed by atoms with van der Waals surface area (Å²) in [5.74, 6) is 2.33. The van der Waals surface area contributed by atoms with Crippen molar-refractivity contribution in [2.75, 3.05) is 0 Å². The van der Waals surface area contributed by atoms with E-state index < -0.39 is 5.54 Å². The molecule has 0 unspecified atom stereocenters. The number of carbonyl (C=O) groups is 1. The molecule has 1 N–H and O–H groups in total. The number of terminal acetylenes is 1. The van der Waals surface area contributed by atoms with Crippen molar-refractivity contribution in [2.45, 2.75) is 19.4 Å². The molecule has 16 heavy (non-hydrogen) atoms. The van der Waals surface area contributed by atoms with E-state index in [1.54, 1.807) is 26.0 Å². The van der Waals surface area contributed by atoms with Crippen molar-refractivity contribution >= 4 is 37.8 Å². The van der Waals surface area contributed by atoms with Gasteiger partial charge in [-0.1, -0.05) is 37.8 Å². The van der Waals surface area contributed by atoms with Gasteiger partial charge < -0.3 is 5.32 Å². The highest BCUT2D eigenvalue weighted by molar-refractivity contribution is 9.11. The summed E-state index contributed by atoms with van der Waals surface area (Å²) in [5, 5.41) is 2.76. The van der Waals surface area contributed by atoms with Crippen LogP contribution in [0.4, 0.5) is 0 Å². The minimum Gasteiger partial charge on any atom is -0.336 e. The number of halogens is 2. The molecule has 0 saturated carbocycles. The molecule has 0 aliphatic rings. The fraction of sp³-hybridized carbons (Fsp3) is 0.250. The first kappa shape index (κ1) is 13.3. The van der Waals surface area contributed by atoms with Crippen LogP contribution in [0.1, 0.15) is 24.2 Å². The van der Waals surface area contributed by atoms with Crippen molar-refractivity contribution in [3.8, 4) is 12.3 Å². The topological polar surface area (TPSA) is 29.1 Å². The number of nitrogens with one attached hydrogen (secondary N) is 1. The van der Waals surface area contributed by atoms with Gasteiger partial charge in [-0.3, -0.25) is 4.79 Å². The van der Waals surface area contributed by atoms with Gasteiger partial charge in [0, 0.05) is 14.5 Å². The molecule has 1 amide bonds. The maximum atomic E-state index is 11.9. The Kier molecular flexibility index (Phi) is 4.17. The second-order valence-electron chi connectivity index (χ2n) is 3.88. The zero-order valence-corrected chi connectivity index (χ0v) is 12.1. The van der Waals surface area contributed by atoms with E-state index >= 15 is 0 Å². The fourth-order valence-electron chi connectivity index (χ4n) is 1.08. The number of amides is 1. The monoisotopic (exact) mass is 343 g/mol. The molecule has 0 spiro atoms. The van der Waals surface area contributed by atoms with E-state index in [1.165, 1.54) is 0 Å². The molecule has 1 rings (SSSR count). The summed E-state index contributed by atoms with van der Waals surface area (Å²) in [6.07, 6.45) is 5.31. The van der Waals surface area contributed by atoms with E-state index in [-0.39, 0.29) is 5.91 Å². The van der Waals surface area contributed by atoms with Crippen LogP contribution in [0.2, 0.25) is 0 Å². The van der Waals surface area contributed by atoms with Crippen molar-refractivity contribution < 1.29 is 4.79 Å². The first-order chi connectivity index (χ1) is 7.34. The average molecular weight is 345 g/mol. The predicted molar refractivity (Wildman–Crippen MR) is 72.2 cm³/mol. The van der Waals surface area contributed by atoms with Crippen molar-refractivity contribution in [2.24, 2.45) is 0 Å². The molecule has 0 aromatic heterocycles. The quantitative estimate of drug-likeness (QED) is 0.819. The first-order valence-corrected chi connectivity index (χ1v) is 6.19. The first-order valence-electron chi connectivity index (χ1n) is 4.60. The standard InChI is InChI=1S/C12H11Br2NO/c1-4-12(2,3)15-11(16)8-5-9(13)7-10(14)6-8/h1,5-7H,2-3H3,(H,15,16). The Morgan fingerprint density at radius 1 is 1.31 bits per heavy atom. The molecule has 84 valence electrons. The van der Waals surface area contributed by atoms with Gasteiger partial charge in [0.05, 0.1) is 5.54 Å². The molecule has 0 atom stereocenters. The Hall–Kier alpha value is -0.790. The number of carbonyl (C=O) groups excluding carboxylic acids is 1. The van der Waals surface area contributed by atoms with Crippen LogP contribution in [-0.4, -0.2) is 11.4 Å². The highest BCUT2D eigenvalue weighted by Crippen LogP contribution is 2.20. The molecule has 0 fully saturated rings. The molecule has 0 heterocycles. The van der Waals surface area contributed by atoms with Gasteiger partial charge in [-0.15, -0.1) is 6.42 Å². The van der Waals surface area contributed by atoms with E-state index in [4.69, 9.17) is 6.42 Å². The Bertz CT molecular complexity index is 440. The van der Waals surface area contributed by atoms with Gasteiger partial charge in [-0.25, -0.2) is 0 Å². The fourth-order valence-corrected chi connectivity index (χ4v) is 2.37. The lowest BCUT2D eigenvalue weighted by atomic mass is 10.1. The van der Waals surface area contributed by atoms with Crippen molar-refractivity contribution in [1.29, 1.82) is 0 Å². The number of rotatable bonds is 2. The Balaban J connectivity index is 2.94. The van der Waals surface area contributed by atoms with Crippen molar-refractivity contribution in [1.82, 2.24) is 5.32 Å². The summed E-state index contributed by atoms with van der Waals surface area (Å²) in [6.45, 7) is 3.55. The molecule has 0 bridgehead atoms. The SMILES string of the molecule is C#CC(C)(C)NC(=O)c1cc(Br)cc(Br)c1. The van der Waals surface area contributed by atoms with E-state index in [0.717, 1.165) is 8.95 Å². The lowest BCUT2D eigenvalue weighted by Gasteiger charge is -2.19. The molecule has 0 radical (unpaired) electrons. The molecule has 0 saturated heterocycles. The van der Waals surface area contributed by atoms with Crippen LogP contribution >= 0.6 is 31.9 Å². The van der Waals surface area contributed by atoms with E-state index in [9.17, 15) is 4.79 Å². The van der Waals surface area contributed by atoms with E-state index in [1.807, 2.05) is 6.07 Å². The summed E-state index contributed by atoms with van der Waals surface area (Å²) < 4.78 is 1.68. The number of benzene rings is 1. The minimum atomic E-state index is -0.647. The van der Waals surface area contributed by atoms with Crippen LogP contribution in [0, 0.1) is 12.3 Å². The van der Waals surface area contributed by atoms with Crippen LogP contribution in [-0.2, 0) is 0 Å². The van der Waals surface area contributed by atoms with Crippen LogP contribution in [0.5, 0.6) is 0 Å². The summed E-state index contributed by atoms with van der Waals surface area (Å²) >= 11 is 6.66. The maximum Gasteiger partial charge on any atom is 0.252 e. The normalized spacial score (nSPS) is 10.7. The predicted octanol–water partition coefficient (Wildman–Crippen LogP) is 3.35. The van der Waals surface area contributed by atoms with Gasteiger partial charge >= 0.3 is 0 Å².